The normalized spacial score (nSPS) is 13.4. The lowest BCUT2D eigenvalue weighted by Gasteiger charge is -2.25. The lowest BCUT2D eigenvalue weighted by atomic mass is 10.0. The number of ether oxygens (including phenoxy) is 1. The Labute approximate surface area is 198 Å². The molecule has 33 heavy (non-hydrogen) atoms. The summed E-state index contributed by atoms with van der Waals surface area (Å²) in [5.74, 6) is 0.907. The molecule has 0 aliphatic rings. The number of H-pyrrole nitrogens is 1. The number of aromatic hydroxyl groups is 1. The zero-order valence-corrected chi connectivity index (χ0v) is 19.8. The number of aromatic amines is 1. The number of halogens is 1. The van der Waals surface area contributed by atoms with Crippen LogP contribution in [0.4, 0.5) is 5.69 Å². The van der Waals surface area contributed by atoms with Gasteiger partial charge in [0.05, 0.1) is 11.8 Å². The zero-order chi connectivity index (χ0) is 22.9. The van der Waals surface area contributed by atoms with Crippen molar-refractivity contribution in [3.8, 4) is 11.5 Å². The summed E-state index contributed by atoms with van der Waals surface area (Å²) in [7, 11) is -3.35. The second kappa shape index (κ2) is 9.48. The highest BCUT2D eigenvalue weighted by molar-refractivity contribution is 7.92. The van der Waals surface area contributed by atoms with E-state index in [1.807, 2.05) is 24.3 Å². The quantitative estimate of drug-likeness (QED) is 0.189. The van der Waals surface area contributed by atoms with Crippen molar-refractivity contribution in [3.05, 3.63) is 66.2 Å². The van der Waals surface area contributed by atoms with E-state index < -0.39 is 15.7 Å². The van der Waals surface area contributed by atoms with Gasteiger partial charge >= 0.3 is 0 Å². The number of anilines is 1. The van der Waals surface area contributed by atoms with Crippen molar-refractivity contribution in [2.24, 2.45) is 0 Å². The van der Waals surface area contributed by atoms with Gasteiger partial charge < -0.3 is 19.9 Å². The lowest BCUT2D eigenvalue weighted by molar-refractivity contribution is 0.0169. The molecule has 0 aliphatic carbocycles. The summed E-state index contributed by atoms with van der Waals surface area (Å²) in [6, 6.07) is 17.4. The number of fused-ring (bicyclic) bond motifs is 3. The molecule has 1 heterocycles. The molecular formula is C23H26ClN3O5S. The number of hydrogen-bond donors (Lipinski definition) is 5. The van der Waals surface area contributed by atoms with Gasteiger partial charge in [-0.2, -0.15) is 0 Å². The minimum atomic E-state index is -3.35. The average Bonchev–Trinajstić information content (AvgIpc) is 3.07. The third-order valence-electron chi connectivity index (χ3n) is 5.14. The van der Waals surface area contributed by atoms with E-state index in [9.17, 15) is 18.6 Å². The van der Waals surface area contributed by atoms with Crippen LogP contribution in [0.5, 0.6) is 11.5 Å². The van der Waals surface area contributed by atoms with Crippen LogP contribution in [0.25, 0.3) is 21.8 Å². The molecule has 0 bridgehead atoms. The molecule has 0 radical (unpaired) electrons. The Hall–Kier alpha value is -2.98. The van der Waals surface area contributed by atoms with Crippen molar-refractivity contribution in [1.82, 2.24) is 10.3 Å². The summed E-state index contributed by atoms with van der Waals surface area (Å²) in [6.07, 6.45) is 1.08. The van der Waals surface area contributed by atoms with Crippen LogP contribution in [0.1, 0.15) is 12.5 Å². The molecular weight excluding hydrogens is 466 g/mol. The maximum absolute atomic E-state index is 11.3. The van der Waals surface area contributed by atoms with Crippen LogP contribution in [-0.2, 0) is 15.7 Å². The van der Waals surface area contributed by atoms with Crippen LogP contribution in [0.2, 0.25) is 0 Å². The Bertz CT molecular complexity index is 1370. The Balaban J connectivity index is 0.00000306. The smallest absolute Gasteiger partial charge is 0.229 e. The largest absolute Gasteiger partial charge is 0.508 e. The highest BCUT2D eigenvalue weighted by atomic mass is 35.5. The SMILES string of the molecule is C[C@](O)(NCCOc1ccc2c(c1)[nH]c1ccc(O)cc12)c1ccc(NS(C)(=O)=O)cc1.Cl. The van der Waals surface area contributed by atoms with Gasteiger partial charge in [0.15, 0.2) is 0 Å². The van der Waals surface area contributed by atoms with Gasteiger partial charge in [-0.1, -0.05) is 12.1 Å². The van der Waals surface area contributed by atoms with E-state index in [0.29, 0.717) is 30.2 Å². The predicted octanol–water partition coefficient (Wildman–Crippen LogP) is 3.65. The lowest BCUT2D eigenvalue weighted by Crippen LogP contribution is -2.41. The molecule has 0 unspecified atom stereocenters. The first kappa shape index (κ1) is 24.7. The minimum absolute atomic E-state index is 0. The van der Waals surface area contributed by atoms with Crippen molar-refractivity contribution in [2.45, 2.75) is 12.6 Å². The maximum Gasteiger partial charge on any atom is 0.229 e. The van der Waals surface area contributed by atoms with E-state index in [4.69, 9.17) is 4.74 Å². The first-order chi connectivity index (χ1) is 15.1. The Morgan fingerprint density at radius 3 is 2.42 bits per heavy atom. The molecule has 10 heteroatoms. The van der Waals surface area contributed by atoms with E-state index in [2.05, 4.69) is 15.0 Å². The van der Waals surface area contributed by atoms with Crippen LogP contribution in [0.3, 0.4) is 0 Å². The van der Waals surface area contributed by atoms with Crippen molar-refractivity contribution in [1.29, 1.82) is 0 Å². The number of hydrogen-bond acceptors (Lipinski definition) is 6. The number of phenolic OH excluding ortho intramolecular Hbond substituents is 1. The van der Waals surface area contributed by atoms with Gasteiger partial charge in [-0.05, 0) is 55.0 Å². The number of phenols is 1. The summed E-state index contributed by atoms with van der Waals surface area (Å²) in [5.41, 5.74) is 1.56. The second-order valence-electron chi connectivity index (χ2n) is 7.86. The van der Waals surface area contributed by atoms with E-state index in [1.54, 1.807) is 43.3 Å². The van der Waals surface area contributed by atoms with E-state index >= 15 is 0 Å². The summed E-state index contributed by atoms with van der Waals surface area (Å²) >= 11 is 0. The van der Waals surface area contributed by atoms with Crippen molar-refractivity contribution in [3.63, 3.8) is 0 Å². The molecule has 1 atom stereocenters. The molecule has 0 aliphatic heterocycles. The van der Waals surface area contributed by atoms with E-state index in [0.717, 1.165) is 28.1 Å². The molecule has 0 spiro atoms. The van der Waals surface area contributed by atoms with Crippen molar-refractivity contribution >= 4 is 49.9 Å². The van der Waals surface area contributed by atoms with Gasteiger partial charge in [0.2, 0.25) is 10.0 Å². The molecule has 5 N–H and O–H groups in total. The Morgan fingerprint density at radius 1 is 1.00 bits per heavy atom. The first-order valence-electron chi connectivity index (χ1n) is 10.0. The third-order valence-corrected chi connectivity index (χ3v) is 5.75. The summed E-state index contributed by atoms with van der Waals surface area (Å²) in [6.45, 7) is 2.34. The topological polar surface area (TPSA) is 124 Å². The molecule has 0 saturated carbocycles. The van der Waals surface area contributed by atoms with Crippen LogP contribution < -0.4 is 14.8 Å². The van der Waals surface area contributed by atoms with Crippen LogP contribution in [-0.4, -0.2) is 43.0 Å². The number of aliphatic hydroxyl groups is 1. The maximum atomic E-state index is 11.3. The van der Waals surface area contributed by atoms with Gasteiger partial charge in [0, 0.05) is 34.6 Å². The molecule has 4 rings (SSSR count). The molecule has 0 saturated heterocycles. The molecule has 0 fully saturated rings. The fourth-order valence-electron chi connectivity index (χ4n) is 3.60. The van der Waals surface area contributed by atoms with Gasteiger partial charge in [0.1, 0.15) is 23.8 Å². The zero-order valence-electron chi connectivity index (χ0n) is 18.1. The minimum Gasteiger partial charge on any atom is -0.508 e. The summed E-state index contributed by atoms with van der Waals surface area (Å²) < 4.78 is 30.8. The molecule has 0 amide bonds. The van der Waals surface area contributed by atoms with Gasteiger partial charge in [-0.25, -0.2) is 8.42 Å². The highest BCUT2D eigenvalue weighted by Crippen LogP contribution is 2.30. The number of nitrogens with one attached hydrogen (secondary N) is 3. The van der Waals surface area contributed by atoms with Crippen LogP contribution in [0.15, 0.2) is 60.7 Å². The van der Waals surface area contributed by atoms with Crippen LogP contribution in [0, 0.1) is 0 Å². The standard InChI is InChI=1S/C23H25N3O5S.ClH/c1-23(28,15-3-5-16(6-4-15)26-32(2,29)30)24-11-12-31-18-8-9-19-20-13-17(27)7-10-21(20)25-22(19)14-18;/h3-10,13-14,24-28H,11-12H2,1-2H3;1H/t23-;/m1./s1. The molecule has 4 aromatic rings. The van der Waals surface area contributed by atoms with E-state index in [1.165, 1.54) is 0 Å². The number of rotatable bonds is 8. The van der Waals surface area contributed by atoms with Gasteiger partial charge in [-0.3, -0.25) is 10.0 Å². The second-order valence-corrected chi connectivity index (χ2v) is 9.61. The Kier molecular flexibility index (Phi) is 7.08. The monoisotopic (exact) mass is 491 g/mol. The Morgan fingerprint density at radius 2 is 1.73 bits per heavy atom. The van der Waals surface area contributed by atoms with Crippen LogP contribution >= 0.6 is 12.4 Å². The van der Waals surface area contributed by atoms with Crippen molar-refractivity contribution in [2.75, 3.05) is 24.1 Å². The number of benzene rings is 3. The fourth-order valence-corrected chi connectivity index (χ4v) is 4.17. The third kappa shape index (κ3) is 5.88. The molecule has 176 valence electrons. The predicted molar refractivity (Wildman–Crippen MR) is 133 cm³/mol. The van der Waals surface area contributed by atoms with Gasteiger partial charge in [-0.15, -0.1) is 12.4 Å². The summed E-state index contributed by atoms with van der Waals surface area (Å²) in [5, 5.41) is 25.4. The fraction of sp³-hybridized carbons (Fsp3) is 0.217. The number of sulfonamides is 1. The molecule has 1 aromatic heterocycles. The number of aromatic nitrogens is 1. The van der Waals surface area contributed by atoms with E-state index in [-0.39, 0.29) is 18.2 Å². The van der Waals surface area contributed by atoms with Crippen molar-refractivity contribution < 1.29 is 23.4 Å². The van der Waals surface area contributed by atoms with Gasteiger partial charge in [0.25, 0.3) is 0 Å². The summed E-state index contributed by atoms with van der Waals surface area (Å²) in [4.78, 5) is 3.31. The molecule has 3 aromatic carbocycles. The molecule has 8 nitrogen and oxygen atoms in total. The average molecular weight is 492 g/mol. The highest BCUT2D eigenvalue weighted by Gasteiger charge is 2.22. The first-order valence-corrected chi connectivity index (χ1v) is 11.9.